The molecule has 1 aliphatic carbocycles. The molecule has 1 saturated carbocycles. The molecule has 3 rings (SSSR count). The van der Waals surface area contributed by atoms with Crippen LogP contribution in [0.1, 0.15) is 41.8 Å². The average molecular weight is 344 g/mol. The third-order valence-corrected chi connectivity index (χ3v) is 4.21. The van der Waals surface area contributed by atoms with Crippen molar-refractivity contribution in [3.63, 3.8) is 0 Å². The molecule has 0 aliphatic heterocycles. The highest BCUT2D eigenvalue weighted by Gasteiger charge is 2.22. The minimum atomic E-state index is -0.932. The first-order valence-corrected chi connectivity index (χ1v) is 8.36. The van der Waals surface area contributed by atoms with Gasteiger partial charge in [0.1, 0.15) is 5.82 Å². The summed E-state index contributed by atoms with van der Waals surface area (Å²) in [6, 6.07) is 8.31. The Balaban J connectivity index is 1.55. The van der Waals surface area contributed by atoms with E-state index < -0.39 is 12.1 Å². The molecule has 1 heterocycles. The van der Waals surface area contributed by atoms with Crippen molar-refractivity contribution >= 4 is 5.91 Å². The number of nitrogens with zero attached hydrogens (tertiary/aromatic N) is 1. The Kier molecular flexibility index (Phi) is 5.28. The van der Waals surface area contributed by atoms with Crippen molar-refractivity contribution in [3.8, 4) is 5.88 Å². The summed E-state index contributed by atoms with van der Waals surface area (Å²) >= 11 is 0. The Morgan fingerprint density at radius 2 is 2.04 bits per heavy atom. The van der Waals surface area contributed by atoms with E-state index in [4.69, 9.17) is 4.74 Å². The predicted octanol–water partition coefficient (Wildman–Crippen LogP) is 2.86. The number of hydrogen-bond acceptors (Lipinski definition) is 4. The van der Waals surface area contributed by atoms with Gasteiger partial charge in [0.15, 0.2) is 0 Å². The van der Waals surface area contributed by atoms with Crippen LogP contribution in [0, 0.1) is 11.7 Å². The molecule has 2 N–H and O–H groups in total. The fourth-order valence-electron chi connectivity index (χ4n) is 2.41. The van der Waals surface area contributed by atoms with Gasteiger partial charge in [-0.3, -0.25) is 4.79 Å². The molecule has 1 fully saturated rings. The Morgan fingerprint density at radius 3 is 2.64 bits per heavy atom. The van der Waals surface area contributed by atoms with Gasteiger partial charge in [0.2, 0.25) is 5.88 Å². The zero-order chi connectivity index (χ0) is 17.8. The number of hydrogen-bond donors (Lipinski definition) is 2. The number of carbonyl (C=O) groups excluding carboxylic acids is 1. The second-order valence-electron chi connectivity index (χ2n) is 6.40. The fourth-order valence-corrected chi connectivity index (χ4v) is 2.41. The predicted molar refractivity (Wildman–Crippen MR) is 90.7 cm³/mol. The number of ether oxygens (including phenoxy) is 1. The molecular weight excluding hydrogens is 323 g/mol. The maximum absolute atomic E-state index is 12.9. The average Bonchev–Trinajstić information content (AvgIpc) is 3.45. The highest BCUT2D eigenvalue weighted by atomic mass is 19.1. The van der Waals surface area contributed by atoms with Gasteiger partial charge < -0.3 is 15.2 Å². The van der Waals surface area contributed by atoms with Gasteiger partial charge in [0.25, 0.3) is 5.91 Å². The molecule has 2 unspecified atom stereocenters. The number of aliphatic hydroxyl groups excluding tert-OH is 1. The number of benzene rings is 1. The van der Waals surface area contributed by atoms with E-state index in [1.165, 1.54) is 43.3 Å². The zero-order valence-corrected chi connectivity index (χ0v) is 14.0. The number of nitrogens with one attached hydrogen (secondary N) is 1. The smallest absolute Gasteiger partial charge is 0.253 e. The van der Waals surface area contributed by atoms with Gasteiger partial charge in [0.05, 0.1) is 24.3 Å². The fraction of sp³-hybridized carbons (Fsp3) is 0.368. The van der Waals surface area contributed by atoms with E-state index in [9.17, 15) is 14.3 Å². The first-order valence-electron chi connectivity index (χ1n) is 8.36. The first-order chi connectivity index (χ1) is 12.0. The van der Waals surface area contributed by atoms with Crippen LogP contribution in [0.3, 0.4) is 0 Å². The summed E-state index contributed by atoms with van der Waals surface area (Å²) in [5.74, 6) is 0.430. The number of pyridine rings is 1. The Morgan fingerprint density at radius 1 is 1.32 bits per heavy atom. The summed E-state index contributed by atoms with van der Waals surface area (Å²) in [6.07, 6.45) is 2.93. The maximum atomic E-state index is 12.9. The van der Waals surface area contributed by atoms with E-state index in [1.807, 2.05) is 0 Å². The van der Waals surface area contributed by atoms with Crippen LogP contribution >= 0.6 is 0 Å². The molecule has 1 amide bonds. The Bertz CT molecular complexity index is 714. The molecule has 0 bridgehead atoms. The maximum Gasteiger partial charge on any atom is 0.253 e. The first kappa shape index (κ1) is 17.4. The molecule has 1 aromatic heterocycles. The summed E-state index contributed by atoms with van der Waals surface area (Å²) < 4.78 is 18.5. The number of amides is 1. The van der Waals surface area contributed by atoms with Gasteiger partial charge in [-0.05, 0) is 49.4 Å². The van der Waals surface area contributed by atoms with Crippen molar-refractivity contribution in [2.75, 3.05) is 6.61 Å². The second-order valence-corrected chi connectivity index (χ2v) is 6.40. The summed E-state index contributed by atoms with van der Waals surface area (Å²) in [7, 11) is 0. The molecule has 0 saturated heterocycles. The van der Waals surface area contributed by atoms with Gasteiger partial charge in [-0.15, -0.1) is 0 Å². The third-order valence-electron chi connectivity index (χ3n) is 4.21. The standard InChI is InChI=1S/C19H21FN2O3/c1-12(18(23)14-4-7-16(20)8-5-14)22-19(24)15-6-9-17(21-10-15)25-11-13-2-3-13/h4-10,12-13,18,23H,2-3,11H2,1H3,(H,22,24). The minimum absolute atomic E-state index is 0.338. The molecular formula is C19H21FN2O3. The van der Waals surface area contributed by atoms with Crippen molar-refractivity contribution in [1.29, 1.82) is 0 Å². The molecule has 5 nitrogen and oxygen atoms in total. The van der Waals surface area contributed by atoms with Crippen LogP contribution in [0.25, 0.3) is 0 Å². The van der Waals surface area contributed by atoms with E-state index >= 15 is 0 Å². The van der Waals surface area contributed by atoms with E-state index in [0.717, 1.165) is 0 Å². The highest BCUT2D eigenvalue weighted by Crippen LogP contribution is 2.29. The Hall–Kier alpha value is -2.47. The van der Waals surface area contributed by atoms with Crippen LogP contribution in [0.4, 0.5) is 4.39 Å². The number of carbonyl (C=O) groups is 1. The molecule has 25 heavy (non-hydrogen) atoms. The van der Waals surface area contributed by atoms with Gasteiger partial charge in [-0.1, -0.05) is 12.1 Å². The number of halogens is 1. The molecule has 6 heteroatoms. The van der Waals surface area contributed by atoms with E-state index in [2.05, 4.69) is 10.3 Å². The van der Waals surface area contributed by atoms with Gasteiger partial charge >= 0.3 is 0 Å². The van der Waals surface area contributed by atoms with Crippen LogP contribution in [0.5, 0.6) is 5.88 Å². The Labute approximate surface area is 145 Å². The molecule has 132 valence electrons. The molecule has 2 aromatic rings. The third kappa shape index (κ3) is 4.76. The molecule has 2 atom stereocenters. The number of rotatable bonds is 7. The molecule has 0 radical (unpaired) electrons. The van der Waals surface area contributed by atoms with Gasteiger partial charge in [-0.25, -0.2) is 9.37 Å². The van der Waals surface area contributed by atoms with Crippen molar-refractivity contribution < 1.29 is 19.0 Å². The van der Waals surface area contributed by atoms with Crippen molar-refractivity contribution in [3.05, 3.63) is 59.5 Å². The largest absolute Gasteiger partial charge is 0.477 e. The monoisotopic (exact) mass is 344 g/mol. The van der Waals surface area contributed by atoms with E-state index in [-0.39, 0.29) is 11.7 Å². The topological polar surface area (TPSA) is 71.5 Å². The van der Waals surface area contributed by atoms with Crippen LogP contribution in [-0.4, -0.2) is 28.6 Å². The minimum Gasteiger partial charge on any atom is -0.477 e. The van der Waals surface area contributed by atoms with Crippen LogP contribution < -0.4 is 10.1 Å². The molecule has 1 aliphatic rings. The molecule has 0 spiro atoms. The normalized spacial score (nSPS) is 16.1. The number of aliphatic hydroxyl groups is 1. The lowest BCUT2D eigenvalue weighted by Gasteiger charge is -2.20. The van der Waals surface area contributed by atoms with Crippen LogP contribution in [0.15, 0.2) is 42.6 Å². The van der Waals surface area contributed by atoms with Crippen LogP contribution in [0.2, 0.25) is 0 Å². The second kappa shape index (κ2) is 7.61. The highest BCUT2D eigenvalue weighted by molar-refractivity contribution is 5.94. The summed E-state index contributed by atoms with van der Waals surface area (Å²) in [6.45, 7) is 2.35. The number of aromatic nitrogens is 1. The summed E-state index contributed by atoms with van der Waals surface area (Å²) in [5, 5.41) is 13.0. The lowest BCUT2D eigenvalue weighted by atomic mass is 10.0. The lowest BCUT2D eigenvalue weighted by molar-refractivity contribution is 0.0851. The zero-order valence-electron chi connectivity index (χ0n) is 14.0. The van der Waals surface area contributed by atoms with E-state index in [1.54, 1.807) is 19.1 Å². The summed E-state index contributed by atoms with van der Waals surface area (Å²) in [5.41, 5.74) is 0.924. The lowest BCUT2D eigenvalue weighted by Crippen LogP contribution is -2.37. The van der Waals surface area contributed by atoms with E-state index in [0.29, 0.717) is 29.5 Å². The summed E-state index contributed by atoms with van der Waals surface area (Å²) in [4.78, 5) is 16.4. The van der Waals surface area contributed by atoms with Crippen molar-refractivity contribution in [2.24, 2.45) is 5.92 Å². The SMILES string of the molecule is CC(NC(=O)c1ccc(OCC2CC2)nc1)C(O)c1ccc(F)cc1. The van der Waals surface area contributed by atoms with Crippen molar-refractivity contribution in [1.82, 2.24) is 10.3 Å². The van der Waals surface area contributed by atoms with Gasteiger partial charge in [-0.2, -0.15) is 0 Å². The van der Waals surface area contributed by atoms with Gasteiger partial charge in [0, 0.05) is 12.3 Å². The van der Waals surface area contributed by atoms with Crippen molar-refractivity contribution in [2.45, 2.75) is 31.9 Å². The molecule has 1 aromatic carbocycles. The quantitative estimate of drug-likeness (QED) is 0.810. The van der Waals surface area contributed by atoms with Crippen LogP contribution in [-0.2, 0) is 0 Å².